The van der Waals surface area contributed by atoms with E-state index in [1.165, 1.54) is 6.07 Å². The second-order valence-corrected chi connectivity index (χ2v) is 7.05. The van der Waals surface area contributed by atoms with Crippen LogP contribution in [-0.2, 0) is 0 Å². The summed E-state index contributed by atoms with van der Waals surface area (Å²) in [5.41, 5.74) is 0.684. The van der Waals surface area contributed by atoms with Gasteiger partial charge in [-0.2, -0.15) is 0 Å². The summed E-state index contributed by atoms with van der Waals surface area (Å²) in [5, 5.41) is 13.2. The Bertz CT molecular complexity index is 473. The standard InChI is InChI=1S/C17H26FNO2/c1-16(2)15(17(16,3)4)10-19-9-12(20)11-21-14-8-6-5-7-13(14)18/h5-8,12,15,19-20H,9-11H2,1-4H3. The van der Waals surface area contributed by atoms with Gasteiger partial charge in [-0.15, -0.1) is 0 Å². The minimum absolute atomic E-state index is 0.0887. The Morgan fingerprint density at radius 1 is 1.24 bits per heavy atom. The zero-order valence-electron chi connectivity index (χ0n) is 13.3. The van der Waals surface area contributed by atoms with Crippen LogP contribution < -0.4 is 10.1 Å². The summed E-state index contributed by atoms with van der Waals surface area (Å²) in [6.07, 6.45) is -0.644. The zero-order chi connectivity index (χ0) is 15.7. The molecule has 0 heterocycles. The number of hydrogen-bond donors (Lipinski definition) is 2. The molecule has 2 rings (SSSR count). The van der Waals surface area contributed by atoms with Crippen LogP contribution in [-0.4, -0.2) is 30.9 Å². The Balaban J connectivity index is 1.67. The van der Waals surface area contributed by atoms with Crippen molar-refractivity contribution in [1.82, 2.24) is 5.32 Å². The van der Waals surface area contributed by atoms with Gasteiger partial charge >= 0.3 is 0 Å². The van der Waals surface area contributed by atoms with E-state index in [0.29, 0.717) is 23.3 Å². The molecule has 1 fully saturated rings. The summed E-state index contributed by atoms with van der Waals surface area (Å²) in [6.45, 7) is 10.5. The normalized spacial score (nSPS) is 21.0. The third-order valence-electron chi connectivity index (χ3n) is 5.32. The van der Waals surface area contributed by atoms with Crippen molar-refractivity contribution in [2.45, 2.75) is 33.8 Å². The lowest BCUT2D eigenvalue weighted by Gasteiger charge is -2.14. The molecular weight excluding hydrogens is 269 g/mol. The lowest BCUT2D eigenvalue weighted by Crippen LogP contribution is -2.33. The lowest BCUT2D eigenvalue weighted by molar-refractivity contribution is 0.103. The molecule has 0 spiro atoms. The minimum Gasteiger partial charge on any atom is -0.488 e. The van der Waals surface area contributed by atoms with E-state index in [-0.39, 0.29) is 12.4 Å². The molecule has 0 radical (unpaired) electrons. The second-order valence-electron chi connectivity index (χ2n) is 7.05. The Morgan fingerprint density at radius 3 is 2.43 bits per heavy atom. The number of benzene rings is 1. The summed E-state index contributed by atoms with van der Waals surface area (Å²) in [7, 11) is 0. The van der Waals surface area contributed by atoms with Crippen molar-refractivity contribution in [1.29, 1.82) is 0 Å². The van der Waals surface area contributed by atoms with Crippen LogP contribution >= 0.6 is 0 Å². The maximum atomic E-state index is 13.4. The fourth-order valence-corrected chi connectivity index (χ4v) is 3.04. The van der Waals surface area contributed by atoms with Gasteiger partial charge in [0, 0.05) is 6.54 Å². The van der Waals surface area contributed by atoms with Gasteiger partial charge in [0.15, 0.2) is 11.6 Å². The highest BCUT2D eigenvalue weighted by atomic mass is 19.1. The largest absolute Gasteiger partial charge is 0.488 e. The maximum absolute atomic E-state index is 13.4. The van der Waals surface area contributed by atoms with Crippen LogP contribution in [0.25, 0.3) is 0 Å². The quantitative estimate of drug-likeness (QED) is 0.813. The molecule has 1 aromatic carbocycles. The van der Waals surface area contributed by atoms with Crippen LogP contribution in [0.1, 0.15) is 27.7 Å². The van der Waals surface area contributed by atoms with Crippen LogP contribution in [0.15, 0.2) is 24.3 Å². The molecule has 0 aliphatic heterocycles. The zero-order valence-corrected chi connectivity index (χ0v) is 13.3. The highest BCUT2D eigenvalue weighted by molar-refractivity contribution is 5.23. The SMILES string of the molecule is CC1(C)C(CNCC(O)COc2ccccc2F)C1(C)C. The van der Waals surface area contributed by atoms with Crippen LogP contribution in [0.3, 0.4) is 0 Å². The first kappa shape index (κ1) is 16.2. The molecule has 0 bridgehead atoms. The number of hydrogen-bond acceptors (Lipinski definition) is 3. The van der Waals surface area contributed by atoms with E-state index in [1.54, 1.807) is 18.2 Å². The molecule has 2 N–H and O–H groups in total. The molecule has 0 aromatic heterocycles. The van der Waals surface area contributed by atoms with Crippen LogP contribution in [0.4, 0.5) is 4.39 Å². The number of aliphatic hydroxyl groups excluding tert-OH is 1. The van der Waals surface area contributed by atoms with Crippen molar-refractivity contribution in [3.05, 3.63) is 30.1 Å². The number of aliphatic hydroxyl groups is 1. The van der Waals surface area contributed by atoms with Crippen molar-refractivity contribution in [2.24, 2.45) is 16.7 Å². The van der Waals surface area contributed by atoms with E-state index in [4.69, 9.17) is 4.74 Å². The van der Waals surface area contributed by atoms with Gasteiger partial charge in [-0.3, -0.25) is 0 Å². The van der Waals surface area contributed by atoms with Crippen LogP contribution in [0.2, 0.25) is 0 Å². The average molecular weight is 295 g/mol. The number of rotatable bonds is 7. The van der Waals surface area contributed by atoms with E-state index in [9.17, 15) is 9.50 Å². The Morgan fingerprint density at radius 2 is 1.86 bits per heavy atom. The smallest absolute Gasteiger partial charge is 0.165 e. The van der Waals surface area contributed by atoms with E-state index in [0.717, 1.165) is 6.54 Å². The highest BCUT2D eigenvalue weighted by Crippen LogP contribution is 2.67. The van der Waals surface area contributed by atoms with Gasteiger partial charge in [-0.1, -0.05) is 39.8 Å². The molecular formula is C17H26FNO2. The van der Waals surface area contributed by atoms with E-state index in [2.05, 4.69) is 33.0 Å². The number of ether oxygens (including phenoxy) is 1. The van der Waals surface area contributed by atoms with Gasteiger partial charge in [0.05, 0.1) is 0 Å². The molecule has 4 heteroatoms. The first-order valence-electron chi connectivity index (χ1n) is 7.53. The predicted molar refractivity (Wildman–Crippen MR) is 81.8 cm³/mol. The molecule has 118 valence electrons. The lowest BCUT2D eigenvalue weighted by atomic mass is 10.0. The molecule has 1 atom stereocenters. The summed E-state index contributed by atoms with van der Waals surface area (Å²) < 4.78 is 18.6. The molecule has 1 unspecified atom stereocenters. The van der Waals surface area contributed by atoms with Crippen molar-refractivity contribution in [3.8, 4) is 5.75 Å². The molecule has 1 saturated carbocycles. The third-order valence-corrected chi connectivity index (χ3v) is 5.32. The van der Waals surface area contributed by atoms with Crippen molar-refractivity contribution < 1.29 is 14.2 Å². The molecule has 1 aromatic rings. The topological polar surface area (TPSA) is 41.5 Å². The van der Waals surface area contributed by atoms with Crippen molar-refractivity contribution in [2.75, 3.05) is 19.7 Å². The second kappa shape index (κ2) is 5.93. The highest BCUT2D eigenvalue weighted by Gasteiger charge is 2.63. The van der Waals surface area contributed by atoms with Gasteiger partial charge in [0.25, 0.3) is 0 Å². The first-order chi connectivity index (χ1) is 9.76. The Hall–Kier alpha value is -1.13. The van der Waals surface area contributed by atoms with Gasteiger partial charge in [0.1, 0.15) is 12.7 Å². The van der Waals surface area contributed by atoms with E-state index in [1.807, 2.05) is 0 Å². The number of nitrogens with one attached hydrogen (secondary N) is 1. The third kappa shape index (κ3) is 3.38. The monoisotopic (exact) mass is 295 g/mol. The Labute approximate surface area is 126 Å². The van der Waals surface area contributed by atoms with Gasteiger partial charge in [-0.05, 0) is 35.4 Å². The molecule has 3 nitrogen and oxygen atoms in total. The minimum atomic E-state index is -0.644. The fraction of sp³-hybridized carbons (Fsp3) is 0.647. The van der Waals surface area contributed by atoms with Gasteiger partial charge in [-0.25, -0.2) is 4.39 Å². The molecule has 0 amide bonds. The van der Waals surface area contributed by atoms with E-state index >= 15 is 0 Å². The average Bonchev–Trinajstić information content (AvgIpc) is 2.80. The summed E-state index contributed by atoms with van der Waals surface area (Å²) in [4.78, 5) is 0. The Kier molecular flexibility index (Phi) is 4.59. The molecule has 0 saturated heterocycles. The molecule has 1 aliphatic rings. The van der Waals surface area contributed by atoms with Crippen LogP contribution in [0.5, 0.6) is 5.75 Å². The predicted octanol–water partition coefficient (Wildman–Crippen LogP) is 2.84. The number of para-hydroxylation sites is 1. The summed E-state index contributed by atoms with van der Waals surface area (Å²) in [5.74, 6) is 0.393. The van der Waals surface area contributed by atoms with E-state index < -0.39 is 11.9 Å². The van der Waals surface area contributed by atoms with Crippen LogP contribution in [0, 0.1) is 22.6 Å². The number of halogens is 1. The maximum Gasteiger partial charge on any atom is 0.165 e. The van der Waals surface area contributed by atoms with Gasteiger partial charge in [0.2, 0.25) is 0 Å². The van der Waals surface area contributed by atoms with Crippen molar-refractivity contribution in [3.63, 3.8) is 0 Å². The molecule has 1 aliphatic carbocycles. The van der Waals surface area contributed by atoms with Gasteiger partial charge < -0.3 is 15.2 Å². The van der Waals surface area contributed by atoms with Crippen molar-refractivity contribution >= 4 is 0 Å². The molecule has 21 heavy (non-hydrogen) atoms. The summed E-state index contributed by atoms with van der Waals surface area (Å²) >= 11 is 0. The summed E-state index contributed by atoms with van der Waals surface area (Å²) in [6, 6.07) is 6.22. The fourth-order valence-electron chi connectivity index (χ4n) is 3.04. The first-order valence-corrected chi connectivity index (χ1v) is 7.53.